The van der Waals surface area contributed by atoms with E-state index in [4.69, 9.17) is 0 Å². The lowest BCUT2D eigenvalue weighted by atomic mass is 10.3. The van der Waals surface area contributed by atoms with Gasteiger partial charge in [-0.1, -0.05) is 18.2 Å². The Morgan fingerprint density at radius 1 is 1.00 bits per heavy atom. The van der Waals surface area contributed by atoms with Gasteiger partial charge in [-0.2, -0.15) is 4.68 Å². The zero-order valence-electron chi connectivity index (χ0n) is 11.1. The average molecular weight is 279 g/mol. The molecule has 0 aliphatic carbocycles. The van der Waals surface area contributed by atoms with Crippen molar-refractivity contribution in [2.75, 3.05) is 5.32 Å². The highest BCUT2D eigenvalue weighted by molar-refractivity contribution is 5.53. The summed E-state index contributed by atoms with van der Waals surface area (Å²) in [6.45, 7) is 0. The van der Waals surface area contributed by atoms with Crippen LogP contribution in [-0.2, 0) is 0 Å². The van der Waals surface area contributed by atoms with Gasteiger partial charge in [-0.05, 0) is 46.8 Å². The van der Waals surface area contributed by atoms with Crippen LogP contribution in [0.4, 0.5) is 5.69 Å². The van der Waals surface area contributed by atoms with Crippen LogP contribution in [0.2, 0.25) is 0 Å². The summed E-state index contributed by atoms with van der Waals surface area (Å²) in [5.74, 6) is 0.852. The van der Waals surface area contributed by atoms with Gasteiger partial charge in [0.05, 0.1) is 5.69 Å². The van der Waals surface area contributed by atoms with Crippen molar-refractivity contribution in [2.24, 2.45) is 0 Å². The van der Waals surface area contributed by atoms with Crippen LogP contribution < -0.4 is 5.32 Å². The second kappa shape index (κ2) is 5.87. The fourth-order valence-corrected chi connectivity index (χ4v) is 1.82. The third-order valence-electron chi connectivity index (χ3n) is 2.84. The molecule has 6 nitrogen and oxygen atoms in total. The number of anilines is 1. The molecule has 104 valence electrons. The molecule has 1 aromatic heterocycles. The van der Waals surface area contributed by atoms with Gasteiger partial charge in [-0.3, -0.25) is 0 Å². The quantitative estimate of drug-likeness (QED) is 0.717. The molecule has 0 bridgehead atoms. The second-order valence-electron chi connectivity index (χ2n) is 4.31. The maximum atomic E-state index is 9.22. The molecular formula is C15H13N5O. The molecule has 3 aromatic rings. The van der Waals surface area contributed by atoms with Crippen LogP contribution in [0.25, 0.3) is 11.8 Å². The van der Waals surface area contributed by atoms with E-state index in [9.17, 15) is 5.11 Å². The number of phenolic OH excluding ortho intramolecular Hbond substituents is 1. The van der Waals surface area contributed by atoms with Crippen LogP contribution in [0.15, 0.2) is 60.8 Å². The number of benzene rings is 2. The molecule has 0 unspecified atom stereocenters. The largest absolute Gasteiger partial charge is 0.508 e. The van der Waals surface area contributed by atoms with Crippen molar-refractivity contribution in [3.8, 4) is 11.4 Å². The van der Waals surface area contributed by atoms with Crippen molar-refractivity contribution in [1.29, 1.82) is 0 Å². The first-order valence-corrected chi connectivity index (χ1v) is 6.39. The van der Waals surface area contributed by atoms with Crippen LogP contribution in [0, 0.1) is 0 Å². The predicted molar refractivity (Wildman–Crippen MR) is 79.9 cm³/mol. The number of para-hydroxylation sites is 1. The van der Waals surface area contributed by atoms with Crippen molar-refractivity contribution >= 4 is 11.8 Å². The standard InChI is InChI=1S/C15H13N5O/c21-14-8-6-12(7-9-14)16-11-10-15-17-18-19-20(15)13-4-2-1-3-5-13/h1-11,16,21H/b11-10-. The summed E-state index contributed by atoms with van der Waals surface area (Å²) in [7, 11) is 0. The Hall–Kier alpha value is -3.15. The first kappa shape index (κ1) is 12.9. The van der Waals surface area contributed by atoms with E-state index in [1.54, 1.807) is 41.2 Å². The Balaban J connectivity index is 1.75. The minimum absolute atomic E-state index is 0.234. The molecule has 0 spiro atoms. The first-order chi connectivity index (χ1) is 10.3. The van der Waals surface area contributed by atoms with Crippen LogP contribution in [-0.4, -0.2) is 25.3 Å². The minimum Gasteiger partial charge on any atom is -0.508 e. The fourth-order valence-electron chi connectivity index (χ4n) is 1.82. The molecule has 21 heavy (non-hydrogen) atoms. The third-order valence-corrected chi connectivity index (χ3v) is 2.84. The molecule has 3 rings (SSSR count). The molecule has 2 aromatic carbocycles. The van der Waals surface area contributed by atoms with E-state index in [0.717, 1.165) is 11.4 Å². The molecule has 0 saturated heterocycles. The van der Waals surface area contributed by atoms with Crippen molar-refractivity contribution in [1.82, 2.24) is 20.2 Å². The Morgan fingerprint density at radius 3 is 2.52 bits per heavy atom. The van der Waals surface area contributed by atoms with Gasteiger partial charge in [0, 0.05) is 18.0 Å². The lowest BCUT2D eigenvalue weighted by Crippen LogP contribution is -1.99. The van der Waals surface area contributed by atoms with Crippen LogP contribution in [0.5, 0.6) is 5.75 Å². The monoisotopic (exact) mass is 279 g/mol. The van der Waals surface area contributed by atoms with Gasteiger partial charge in [0.1, 0.15) is 5.75 Å². The van der Waals surface area contributed by atoms with Gasteiger partial charge in [0.2, 0.25) is 0 Å². The molecule has 0 radical (unpaired) electrons. The number of hydrogen-bond donors (Lipinski definition) is 2. The van der Waals surface area contributed by atoms with E-state index in [0.29, 0.717) is 5.82 Å². The molecule has 0 saturated carbocycles. The first-order valence-electron chi connectivity index (χ1n) is 6.39. The Labute approximate surface area is 121 Å². The molecule has 0 fully saturated rings. The number of rotatable bonds is 4. The van der Waals surface area contributed by atoms with Crippen LogP contribution >= 0.6 is 0 Å². The SMILES string of the molecule is Oc1ccc(N/C=C\c2nnnn2-c2ccccc2)cc1. The number of nitrogens with zero attached hydrogens (tertiary/aromatic N) is 4. The third kappa shape index (κ3) is 3.06. The highest BCUT2D eigenvalue weighted by Gasteiger charge is 2.03. The number of hydrogen-bond acceptors (Lipinski definition) is 5. The summed E-state index contributed by atoms with van der Waals surface area (Å²) < 4.78 is 1.65. The predicted octanol–water partition coefficient (Wildman–Crippen LogP) is 2.45. The second-order valence-corrected chi connectivity index (χ2v) is 4.31. The van der Waals surface area contributed by atoms with E-state index in [-0.39, 0.29) is 5.75 Å². The summed E-state index contributed by atoms with van der Waals surface area (Å²) in [5, 5.41) is 23.9. The molecule has 0 atom stereocenters. The van der Waals surface area contributed by atoms with Gasteiger partial charge >= 0.3 is 0 Å². The van der Waals surface area contributed by atoms with E-state index in [2.05, 4.69) is 20.8 Å². The van der Waals surface area contributed by atoms with Crippen molar-refractivity contribution in [2.45, 2.75) is 0 Å². The van der Waals surface area contributed by atoms with Gasteiger partial charge in [-0.15, -0.1) is 5.10 Å². The molecule has 6 heteroatoms. The highest BCUT2D eigenvalue weighted by Crippen LogP contribution is 2.14. The maximum Gasteiger partial charge on any atom is 0.181 e. The van der Waals surface area contributed by atoms with Gasteiger partial charge in [0.15, 0.2) is 5.82 Å². The molecule has 0 aliphatic rings. The lowest BCUT2D eigenvalue weighted by Gasteiger charge is -2.02. The number of aromatic hydroxyl groups is 1. The smallest absolute Gasteiger partial charge is 0.181 e. The Morgan fingerprint density at radius 2 is 1.76 bits per heavy atom. The lowest BCUT2D eigenvalue weighted by molar-refractivity contribution is 0.475. The summed E-state index contributed by atoms with van der Waals surface area (Å²) in [5.41, 5.74) is 1.76. The average Bonchev–Trinajstić information content (AvgIpc) is 2.99. The maximum absolute atomic E-state index is 9.22. The fraction of sp³-hybridized carbons (Fsp3) is 0. The number of aromatic nitrogens is 4. The Kier molecular flexibility index (Phi) is 3.60. The summed E-state index contributed by atoms with van der Waals surface area (Å²) >= 11 is 0. The van der Waals surface area contributed by atoms with Crippen LogP contribution in [0.1, 0.15) is 5.82 Å². The summed E-state index contributed by atoms with van der Waals surface area (Å²) in [4.78, 5) is 0. The van der Waals surface area contributed by atoms with E-state index in [1.807, 2.05) is 30.3 Å². The molecular weight excluding hydrogens is 266 g/mol. The van der Waals surface area contributed by atoms with E-state index < -0.39 is 0 Å². The van der Waals surface area contributed by atoms with Crippen molar-refractivity contribution in [3.63, 3.8) is 0 Å². The van der Waals surface area contributed by atoms with Gasteiger partial charge in [-0.25, -0.2) is 0 Å². The van der Waals surface area contributed by atoms with Gasteiger partial charge in [0.25, 0.3) is 0 Å². The number of nitrogens with one attached hydrogen (secondary N) is 1. The number of phenols is 1. The van der Waals surface area contributed by atoms with E-state index in [1.165, 1.54) is 0 Å². The minimum atomic E-state index is 0.234. The number of tetrazole rings is 1. The summed E-state index contributed by atoms with van der Waals surface area (Å²) in [6.07, 6.45) is 3.53. The molecule has 0 aliphatic heterocycles. The van der Waals surface area contributed by atoms with Crippen molar-refractivity contribution in [3.05, 3.63) is 66.6 Å². The van der Waals surface area contributed by atoms with E-state index >= 15 is 0 Å². The van der Waals surface area contributed by atoms with Crippen molar-refractivity contribution < 1.29 is 5.11 Å². The molecule has 2 N–H and O–H groups in total. The molecule has 1 heterocycles. The topological polar surface area (TPSA) is 75.9 Å². The molecule has 0 amide bonds. The van der Waals surface area contributed by atoms with Crippen LogP contribution in [0.3, 0.4) is 0 Å². The Bertz CT molecular complexity index is 734. The van der Waals surface area contributed by atoms with Gasteiger partial charge < -0.3 is 10.4 Å². The zero-order valence-corrected chi connectivity index (χ0v) is 11.1. The highest BCUT2D eigenvalue weighted by atomic mass is 16.3. The zero-order chi connectivity index (χ0) is 14.5. The summed E-state index contributed by atoms with van der Waals surface area (Å²) in [6, 6.07) is 16.4. The normalized spacial score (nSPS) is 10.9.